The Morgan fingerprint density at radius 2 is 2.29 bits per heavy atom. The Hall–Kier alpha value is -0.610. The van der Waals surface area contributed by atoms with Crippen LogP contribution in [0.5, 0.6) is 0 Å². The third-order valence-electron chi connectivity index (χ3n) is 3.02. The first-order valence-electron chi connectivity index (χ1n) is 5.36. The highest BCUT2D eigenvalue weighted by atomic mass is 16.2. The summed E-state index contributed by atoms with van der Waals surface area (Å²) < 4.78 is 0. The zero-order valence-corrected chi connectivity index (χ0v) is 9.07. The molecular formula is C10H21N3O. The Kier molecular flexibility index (Phi) is 3.89. The summed E-state index contributed by atoms with van der Waals surface area (Å²) in [5.74, 6) is 0.488. The number of amides is 1. The summed E-state index contributed by atoms with van der Waals surface area (Å²) in [7, 11) is 0. The SMILES string of the molecule is CCC1CN(C(=O)[C@H](C)N)CCC1N. The van der Waals surface area contributed by atoms with Crippen LogP contribution in [-0.2, 0) is 4.79 Å². The first kappa shape index (κ1) is 11.5. The summed E-state index contributed by atoms with van der Waals surface area (Å²) in [4.78, 5) is 13.5. The molecule has 0 aromatic rings. The van der Waals surface area contributed by atoms with Crippen LogP contribution in [0.15, 0.2) is 0 Å². The zero-order valence-electron chi connectivity index (χ0n) is 9.07. The lowest BCUT2D eigenvalue weighted by molar-refractivity contribution is -0.134. The molecule has 4 nitrogen and oxygen atoms in total. The van der Waals surface area contributed by atoms with Gasteiger partial charge in [0.1, 0.15) is 0 Å². The van der Waals surface area contributed by atoms with Gasteiger partial charge in [0.15, 0.2) is 0 Å². The molecule has 1 saturated heterocycles. The molecule has 82 valence electrons. The number of nitrogens with zero attached hydrogens (tertiary/aromatic N) is 1. The van der Waals surface area contributed by atoms with Crippen molar-refractivity contribution in [3.63, 3.8) is 0 Å². The summed E-state index contributed by atoms with van der Waals surface area (Å²) in [5, 5.41) is 0. The Balaban J connectivity index is 2.54. The van der Waals surface area contributed by atoms with Gasteiger partial charge in [0.25, 0.3) is 0 Å². The first-order valence-corrected chi connectivity index (χ1v) is 5.36. The molecule has 1 fully saturated rings. The molecule has 2 unspecified atom stereocenters. The zero-order chi connectivity index (χ0) is 10.7. The van der Waals surface area contributed by atoms with E-state index < -0.39 is 0 Å². The highest BCUT2D eigenvalue weighted by molar-refractivity contribution is 5.81. The van der Waals surface area contributed by atoms with E-state index in [-0.39, 0.29) is 18.0 Å². The molecule has 1 heterocycles. The van der Waals surface area contributed by atoms with Crippen molar-refractivity contribution in [2.24, 2.45) is 17.4 Å². The highest BCUT2D eigenvalue weighted by Crippen LogP contribution is 2.18. The van der Waals surface area contributed by atoms with Gasteiger partial charge < -0.3 is 16.4 Å². The maximum absolute atomic E-state index is 11.6. The molecule has 1 aliphatic rings. The fourth-order valence-corrected chi connectivity index (χ4v) is 1.97. The first-order chi connectivity index (χ1) is 6.56. The molecule has 0 bridgehead atoms. The van der Waals surface area contributed by atoms with Crippen LogP contribution in [0.2, 0.25) is 0 Å². The molecule has 3 atom stereocenters. The van der Waals surface area contributed by atoms with Gasteiger partial charge in [0.2, 0.25) is 5.91 Å². The average molecular weight is 199 g/mol. The van der Waals surface area contributed by atoms with Crippen molar-refractivity contribution >= 4 is 5.91 Å². The van der Waals surface area contributed by atoms with Crippen molar-refractivity contribution in [3.8, 4) is 0 Å². The Morgan fingerprint density at radius 1 is 1.64 bits per heavy atom. The fourth-order valence-electron chi connectivity index (χ4n) is 1.97. The van der Waals surface area contributed by atoms with Crippen molar-refractivity contribution in [2.75, 3.05) is 13.1 Å². The van der Waals surface area contributed by atoms with Crippen molar-refractivity contribution in [3.05, 3.63) is 0 Å². The molecule has 4 N–H and O–H groups in total. The molecule has 0 aromatic carbocycles. The molecule has 0 radical (unpaired) electrons. The molecule has 0 spiro atoms. The minimum absolute atomic E-state index is 0.0513. The summed E-state index contributed by atoms with van der Waals surface area (Å²) in [5.41, 5.74) is 11.5. The molecule has 1 rings (SSSR count). The van der Waals surface area contributed by atoms with E-state index in [1.807, 2.05) is 4.90 Å². The van der Waals surface area contributed by atoms with Crippen LogP contribution >= 0.6 is 0 Å². The van der Waals surface area contributed by atoms with Crippen molar-refractivity contribution in [1.82, 2.24) is 4.90 Å². The number of rotatable bonds is 2. The predicted octanol–water partition coefficient (Wildman–Crippen LogP) is -0.0806. The van der Waals surface area contributed by atoms with Gasteiger partial charge in [-0.1, -0.05) is 13.3 Å². The third-order valence-corrected chi connectivity index (χ3v) is 3.02. The Morgan fingerprint density at radius 3 is 2.79 bits per heavy atom. The lowest BCUT2D eigenvalue weighted by atomic mass is 9.90. The van der Waals surface area contributed by atoms with Gasteiger partial charge in [-0.05, 0) is 19.3 Å². The summed E-state index contributed by atoms with van der Waals surface area (Å²) >= 11 is 0. The van der Waals surface area contributed by atoms with Crippen molar-refractivity contribution in [2.45, 2.75) is 38.8 Å². The third kappa shape index (κ3) is 2.45. The normalized spacial score (nSPS) is 30.1. The highest BCUT2D eigenvalue weighted by Gasteiger charge is 2.28. The van der Waals surface area contributed by atoms with Crippen LogP contribution in [0.25, 0.3) is 0 Å². The van der Waals surface area contributed by atoms with Crippen molar-refractivity contribution in [1.29, 1.82) is 0 Å². The lowest BCUT2D eigenvalue weighted by Crippen LogP contribution is -2.52. The maximum Gasteiger partial charge on any atom is 0.239 e. The topological polar surface area (TPSA) is 72.3 Å². The summed E-state index contributed by atoms with van der Waals surface area (Å²) in [6, 6.07) is -0.140. The average Bonchev–Trinajstić information content (AvgIpc) is 2.17. The van der Waals surface area contributed by atoms with Crippen LogP contribution in [0.3, 0.4) is 0 Å². The molecular weight excluding hydrogens is 178 g/mol. The van der Waals surface area contributed by atoms with E-state index in [1.165, 1.54) is 0 Å². The van der Waals surface area contributed by atoms with Crippen LogP contribution in [-0.4, -0.2) is 36.0 Å². The number of carbonyl (C=O) groups is 1. The number of likely N-dealkylation sites (tertiary alicyclic amines) is 1. The van der Waals surface area contributed by atoms with Crippen LogP contribution in [0.1, 0.15) is 26.7 Å². The van der Waals surface area contributed by atoms with Crippen LogP contribution in [0.4, 0.5) is 0 Å². The standard InChI is InChI=1S/C10H21N3O/c1-3-8-6-13(5-4-9(8)12)10(14)7(2)11/h7-9H,3-6,11-12H2,1-2H3/t7-,8?,9?/m0/s1. The summed E-state index contributed by atoms with van der Waals surface area (Å²) in [6.45, 7) is 5.39. The van der Waals surface area contributed by atoms with E-state index in [2.05, 4.69) is 6.92 Å². The Labute approximate surface area is 85.6 Å². The van der Waals surface area contributed by atoms with Gasteiger partial charge in [0, 0.05) is 19.1 Å². The number of piperidine rings is 1. The van der Waals surface area contributed by atoms with Crippen LogP contribution in [0, 0.1) is 5.92 Å². The van der Waals surface area contributed by atoms with E-state index >= 15 is 0 Å². The molecule has 4 heteroatoms. The van der Waals surface area contributed by atoms with Gasteiger partial charge in [0.05, 0.1) is 6.04 Å². The van der Waals surface area contributed by atoms with E-state index in [4.69, 9.17) is 11.5 Å². The minimum Gasteiger partial charge on any atom is -0.341 e. The molecule has 14 heavy (non-hydrogen) atoms. The quantitative estimate of drug-likeness (QED) is 0.653. The fraction of sp³-hybridized carbons (Fsp3) is 0.900. The largest absolute Gasteiger partial charge is 0.341 e. The number of nitrogens with two attached hydrogens (primary N) is 2. The van der Waals surface area contributed by atoms with Crippen LogP contribution < -0.4 is 11.5 Å². The molecule has 0 aliphatic carbocycles. The predicted molar refractivity (Wildman–Crippen MR) is 56.6 cm³/mol. The van der Waals surface area contributed by atoms with E-state index in [0.29, 0.717) is 5.92 Å². The van der Waals surface area contributed by atoms with Gasteiger partial charge >= 0.3 is 0 Å². The molecule has 0 saturated carbocycles. The summed E-state index contributed by atoms with van der Waals surface area (Å²) in [6.07, 6.45) is 1.93. The Bertz CT molecular complexity index is 206. The van der Waals surface area contributed by atoms with Gasteiger partial charge in [-0.25, -0.2) is 0 Å². The second-order valence-corrected chi connectivity index (χ2v) is 4.19. The number of hydrogen-bond acceptors (Lipinski definition) is 3. The van der Waals surface area contributed by atoms with Gasteiger partial charge in [-0.2, -0.15) is 0 Å². The molecule has 1 aliphatic heterocycles. The minimum atomic E-state index is -0.387. The number of carbonyl (C=O) groups excluding carboxylic acids is 1. The lowest BCUT2D eigenvalue weighted by Gasteiger charge is -2.37. The van der Waals surface area contributed by atoms with Gasteiger partial charge in [-0.3, -0.25) is 4.79 Å². The van der Waals surface area contributed by atoms with E-state index in [9.17, 15) is 4.79 Å². The van der Waals surface area contributed by atoms with Crippen molar-refractivity contribution < 1.29 is 4.79 Å². The second-order valence-electron chi connectivity index (χ2n) is 4.19. The molecule has 0 aromatic heterocycles. The molecule has 1 amide bonds. The second kappa shape index (κ2) is 4.75. The van der Waals surface area contributed by atoms with Gasteiger partial charge in [-0.15, -0.1) is 0 Å². The monoisotopic (exact) mass is 199 g/mol. The maximum atomic E-state index is 11.6. The smallest absolute Gasteiger partial charge is 0.239 e. The number of hydrogen-bond donors (Lipinski definition) is 2. The van der Waals surface area contributed by atoms with E-state index in [1.54, 1.807) is 6.92 Å². The van der Waals surface area contributed by atoms with E-state index in [0.717, 1.165) is 25.9 Å².